The van der Waals surface area contributed by atoms with Crippen molar-refractivity contribution in [2.45, 2.75) is 19.1 Å². The van der Waals surface area contributed by atoms with E-state index in [2.05, 4.69) is 15.8 Å². The minimum absolute atomic E-state index is 0.0857. The van der Waals surface area contributed by atoms with Crippen molar-refractivity contribution in [1.82, 2.24) is 10.7 Å². The molecule has 1 amide bonds. The molecule has 184 valence electrons. The standard InChI is InChI=1S/C26H28ClN3O5/c1-17-13-21(35-12-11-28-23(16-31)25(33)18-5-3-2-4-6-18)9-7-20(17)15-29-30-26(34)19-8-10-24(32)22(27)14-19/h2-10,13-15,23,25,28,31-33H,11-12,16H2,1H3,(H,30,34)/b29-15+. The maximum Gasteiger partial charge on any atom is 0.271 e. The molecule has 3 aromatic carbocycles. The predicted molar refractivity (Wildman–Crippen MR) is 135 cm³/mol. The van der Waals surface area contributed by atoms with Gasteiger partial charge in [0.15, 0.2) is 0 Å². The highest BCUT2D eigenvalue weighted by Crippen LogP contribution is 2.23. The summed E-state index contributed by atoms with van der Waals surface area (Å²) in [5.41, 5.74) is 5.13. The van der Waals surface area contributed by atoms with Crippen molar-refractivity contribution in [3.8, 4) is 11.5 Å². The summed E-state index contributed by atoms with van der Waals surface area (Å²) in [4.78, 5) is 12.2. The van der Waals surface area contributed by atoms with Crippen LogP contribution in [0.15, 0.2) is 71.8 Å². The van der Waals surface area contributed by atoms with Crippen LogP contribution in [0.5, 0.6) is 11.5 Å². The van der Waals surface area contributed by atoms with E-state index in [-0.39, 0.29) is 22.9 Å². The lowest BCUT2D eigenvalue weighted by atomic mass is 10.0. The first-order valence-electron chi connectivity index (χ1n) is 11.0. The van der Waals surface area contributed by atoms with Crippen LogP contribution in [-0.2, 0) is 0 Å². The van der Waals surface area contributed by atoms with Gasteiger partial charge in [0.1, 0.15) is 18.1 Å². The van der Waals surface area contributed by atoms with Crippen molar-refractivity contribution in [2.24, 2.45) is 5.10 Å². The molecule has 3 aromatic rings. The van der Waals surface area contributed by atoms with Crippen molar-refractivity contribution in [1.29, 1.82) is 0 Å². The Labute approximate surface area is 208 Å². The number of aliphatic hydroxyl groups is 2. The van der Waals surface area contributed by atoms with E-state index >= 15 is 0 Å². The monoisotopic (exact) mass is 497 g/mol. The molecule has 0 aliphatic heterocycles. The molecule has 0 heterocycles. The Bertz CT molecular complexity index is 1160. The van der Waals surface area contributed by atoms with E-state index in [1.807, 2.05) is 49.4 Å². The van der Waals surface area contributed by atoms with Crippen LogP contribution in [0.3, 0.4) is 0 Å². The summed E-state index contributed by atoms with van der Waals surface area (Å²) in [7, 11) is 0. The number of halogens is 1. The Balaban J connectivity index is 1.47. The quantitative estimate of drug-likeness (QED) is 0.157. The Morgan fingerprint density at radius 1 is 1.14 bits per heavy atom. The number of aryl methyl sites for hydroxylation is 1. The number of aliphatic hydroxyl groups excluding tert-OH is 2. The smallest absolute Gasteiger partial charge is 0.271 e. The number of ether oxygens (including phenoxy) is 1. The van der Waals surface area contributed by atoms with Crippen molar-refractivity contribution in [2.75, 3.05) is 19.8 Å². The number of aromatic hydroxyl groups is 1. The minimum Gasteiger partial charge on any atom is -0.506 e. The molecular formula is C26H28ClN3O5. The fourth-order valence-corrected chi connectivity index (χ4v) is 3.51. The maximum absolute atomic E-state index is 12.2. The molecule has 0 bridgehead atoms. The summed E-state index contributed by atoms with van der Waals surface area (Å²) in [6.45, 7) is 2.46. The maximum atomic E-state index is 12.2. The number of nitrogens with one attached hydrogen (secondary N) is 2. The third kappa shape index (κ3) is 7.53. The van der Waals surface area contributed by atoms with Crippen LogP contribution in [0.2, 0.25) is 5.02 Å². The fourth-order valence-electron chi connectivity index (χ4n) is 3.33. The second-order valence-electron chi connectivity index (χ2n) is 7.83. The average Bonchev–Trinajstić information content (AvgIpc) is 2.87. The highest BCUT2D eigenvalue weighted by Gasteiger charge is 2.19. The zero-order valence-electron chi connectivity index (χ0n) is 19.2. The Kier molecular flexibility index (Phi) is 9.63. The largest absolute Gasteiger partial charge is 0.506 e. The minimum atomic E-state index is -0.825. The molecule has 0 radical (unpaired) electrons. The number of phenols is 1. The number of hydrogen-bond donors (Lipinski definition) is 5. The van der Waals surface area contributed by atoms with Crippen molar-refractivity contribution in [3.63, 3.8) is 0 Å². The molecule has 0 fully saturated rings. The molecule has 35 heavy (non-hydrogen) atoms. The van der Waals surface area contributed by atoms with Gasteiger partial charge in [-0.3, -0.25) is 4.79 Å². The first kappa shape index (κ1) is 26.2. The lowest BCUT2D eigenvalue weighted by Crippen LogP contribution is -2.40. The molecule has 5 N–H and O–H groups in total. The highest BCUT2D eigenvalue weighted by molar-refractivity contribution is 6.32. The summed E-state index contributed by atoms with van der Waals surface area (Å²) < 4.78 is 5.77. The zero-order chi connectivity index (χ0) is 25.2. The number of hydrogen-bond acceptors (Lipinski definition) is 7. The molecule has 9 heteroatoms. The summed E-state index contributed by atoms with van der Waals surface area (Å²) in [5, 5.41) is 36.7. The number of amides is 1. The number of rotatable bonds is 11. The van der Waals surface area contributed by atoms with Gasteiger partial charge in [0.25, 0.3) is 5.91 Å². The molecule has 8 nitrogen and oxygen atoms in total. The number of hydrazone groups is 1. The first-order chi connectivity index (χ1) is 16.9. The van der Waals surface area contributed by atoms with Crippen LogP contribution in [-0.4, -0.2) is 53.2 Å². The van der Waals surface area contributed by atoms with Crippen molar-refractivity contribution in [3.05, 3.63) is 94.0 Å². The Morgan fingerprint density at radius 3 is 2.60 bits per heavy atom. The fraction of sp³-hybridized carbons (Fsp3) is 0.231. The summed E-state index contributed by atoms with van der Waals surface area (Å²) in [6, 6.07) is 18.3. The van der Waals surface area contributed by atoms with Gasteiger partial charge in [0.05, 0.1) is 30.0 Å². The van der Waals surface area contributed by atoms with Gasteiger partial charge in [-0.05, 0) is 60.0 Å². The number of carbonyl (C=O) groups excluding carboxylic acids is 1. The van der Waals surface area contributed by atoms with Crippen LogP contribution >= 0.6 is 11.6 Å². The summed E-state index contributed by atoms with van der Waals surface area (Å²) >= 11 is 5.82. The molecule has 3 rings (SSSR count). The number of carbonyl (C=O) groups is 1. The van der Waals surface area contributed by atoms with E-state index in [4.69, 9.17) is 16.3 Å². The number of phenolic OH excluding ortho intramolecular Hbond substituents is 1. The Hall–Kier alpha value is -3.43. The van der Waals surface area contributed by atoms with Crippen molar-refractivity contribution < 1.29 is 24.9 Å². The van der Waals surface area contributed by atoms with Crippen LogP contribution < -0.4 is 15.5 Å². The number of nitrogens with zero attached hydrogens (tertiary/aromatic N) is 1. The van der Waals surface area contributed by atoms with Crippen LogP contribution in [0.25, 0.3) is 0 Å². The van der Waals surface area contributed by atoms with Crippen LogP contribution in [0.4, 0.5) is 0 Å². The normalized spacial score (nSPS) is 12.9. The third-order valence-electron chi connectivity index (χ3n) is 5.32. The highest BCUT2D eigenvalue weighted by atomic mass is 35.5. The summed E-state index contributed by atoms with van der Waals surface area (Å²) in [6.07, 6.45) is 0.700. The van der Waals surface area contributed by atoms with Gasteiger partial charge in [0.2, 0.25) is 0 Å². The second kappa shape index (κ2) is 12.9. The van der Waals surface area contributed by atoms with Gasteiger partial charge in [-0.15, -0.1) is 0 Å². The van der Waals surface area contributed by atoms with Gasteiger partial charge >= 0.3 is 0 Å². The lowest BCUT2D eigenvalue weighted by Gasteiger charge is -2.22. The molecule has 0 spiro atoms. The van der Waals surface area contributed by atoms with Gasteiger partial charge in [0, 0.05) is 12.1 Å². The van der Waals surface area contributed by atoms with E-state index in [0.29, 0.717) is 18.9 Å². The SMILES string of the molecule is Cc1cc(OCCNC(CO)C(O)c2ccccc2)ccc1/C=N/NC(=O)c1ccc(O)c(Cl)c1. The Morgan fingerprint density at radius 2 is 1.91 bits per heavy atom. The number of benzene rings is 3. The van der Waals surface area contributed by atoms with Crippen LogP contribution in [0, 0.1) is 6.92 Å². The first-order valence-corrected chi connectivity index (χ1v) is 11.4. The molecular weight excluding hydrogens is 470 g/mol. The second-order valence-corrected chi connectivity index (χ2v) is 8.24. The third-order valence-corrected chi connectivity index (χ3v) is 5.62. The van der Waals surface area contributed by atoms with E-state index in [1.165, 1.54) is 24.4 Å². The van der Waals surface area contributed by atoms with Gasteiger partial charge in [-0.25, -0.2) is 5.43 Å². The molecule has 0 saturated carbocycles. The molecule has 0 aliphatic rings. The lowest BCUT2D eigenvalue weighted by molar-refractivity contribution is 0.0878. The van der Waals surface area contributed by atoms with Gasteiger partial charge in [-0.1, -0.05) is 41.9 Å². The van der Waals surface area contributed by atoms with E-state index < -0.39 is 18.1 Å². The van der Waals surface area contributed by atoms with E-state index in [0.717, 1.165) is 16.7 Å². The van der Waals surface area contributed by atoms with Gasteiger partial charge in [-0.2, -0.15) is 5.10 Å². The van der Waals surface area contributed by atoms with Gasteiger partial charge < -0.3 is 25.4 Å². The van der Waals surface area contributed by atoms with E-state index in [9.17, 15) is 20.1 Å². The van der Waals surface area contributed by atoms with Crippen molar-refractivity contribution >= 4 is 23.7 Å². The average molecular weight is 498 g/mol. The van der Waals surface area contributed by atoms with E-state index in [1.54, 1.807) is 6.07 Å². The van der Waals surface area contributed by atoms with Crippen LogP contribution in [0.1, 0.15) is 33.2 Å². The molecule has 0 aromatic heterocycles. The molecule has 2 unspecified atom stereocenters. The molecule has 2 atom stereocenters. The molecule has 0 aliphatic carbocycles. The molecule has 0 saturated heterocycles. The topological polar surface area (TPSA) is 123 Å². The predicted octanol–water partition coefficient (Wildman–Crippen LogP) is 3.18. The summed E-state index contributed by atoms with van der Waals surface area (Å²) in [5.74, 6) is 0.110. The zero-order valence-corrected chi connectivity index (χ0v) is 19.9.